The van der Waals surface area contributed by atoms with Gasteiger partial charge in [-0.25, -0.2) is 0 Å². The van der Waals surface area contributed by atoms with E-state index in [9.17, 15) is 0 Å². The highest BCUT2D eigenvalue weighted by Gasteiger charge is 2.49. The molecule has 2 heteroatoms. The van der Waals surface area contributed by atoms with Gasteiger partial charge in [-0.3, -0.25) is 0 Å². The minimum absolute atomic E-state index is 1.11. The van der Waals surface area contributed by atoms with Gasteiger partial charge >= 0.3 is 0 Å². The monoisotopic (exact) mass is 356 g/mol. The zero-order chi connectivity index (χ0) is 17.8. The first kappa shape index (κ1) is 23.4. The van der Waals surface area contributed by atoms with Crippen molar-refractivity contribution >= 4 is 16.1 Å². The van der Waals surface area contributed by atoms with E-state index in [0.29, 0.717) is 0 Å². The van der Waals surface area contributed by atoms with Gasteiger partial charge in [0, 0.05) is 0 Å². The van der Waals surface area contributed by atoms with Gasteiger partial charge in [-0.05, 0) is 5.16 Å². The van der Waals surface area contributed by atoms with E-state index in [2.05, 4.69) is 48.5 Å². The Kier molecular flexibility index (Phi) is 13.0. The first-order valence-electron chi connectivity index (χ1n) is 11.1. The Morgan fingerprint density at radius 2 is 0.652 bits per heavy atom. The Balaban J connectivity index is 5.91. The standard InChI is InChI=1S/C21H48Si2/c1-8-15-22(16-9-2,17-10-3)21(14-7)23(18-11-4,19-12-5)20-13-6/h21H,8-20H2,1-7H3. The Morgan fingerprint density at radius 1 is 0.435 bits per heavy atom. The van der Waals surface area contributed by atoms with Gasteiger partial charge in [0.25, 0.3) is 0 Å². The second kappa shape index (κ2) is 12.7. The van der Waals surface area contributed by atoms with Crippen LogP contribution < -0.4 is 0 Å². The van der Waals surface area contributed by atoms with Crippen molar-refractivity contribution < 1.29 is 0 Å². The van der Waals surface area contributed by atoms with Crippen LogP contribution in [0.3, 0.4) is 0 Å². The summed E-state index contributed by atoms with van der Waals surface area (Å²) in [5.74, 6) is 0. The number of hydrogen-bond acceptors (Lipinski definition) is 0. The molecular weight excluding hydrogens is 308 g/mol. The van der Waals surface area contributed by atoms with E-state index in [1.54, 1.807) is 36.3 Å². The third-order valence-electron chi connectivity index (χ3n) is 6.37. The van der Waals surface area contributed by atoms with Gasteiger partial charge in [0.2, 0.25) is 0 Å². The van der Waals surface area contributed by atoms with Crippen LogP contribution in [0.4, 0.5) is 0 Å². The lowest BCUT2D eigenvalue weighted by Crippen LogP contribution is -2.54. The normalized spacial score (nSPS) is 13.0. The van der Waals surface area contributed by atoms with E-state index in [0.717, 1.165) is 0 Å². The Bertz CT molecular complexity index is 215. The number of hydrogen-bond donors (Lipinski definition) is 0. The maximum atomic E-state index is 2.57. The lowest BCUT2D eigenvalue weighted by molar-refractivity contribution is 0.796. The predicted octanol–water partition coefficient (Wildman–Crippen LogP) is 8.66. The molecule has 0 aliphatic heterocycles. The van der Waals surface area contributed by atoms with Crippen LogP contribution in [0, 0.1) is 0 Å². The third kappa shape index (κ3) is 6.34. The van der Waals surface area contributed by atoms with Crippen LogP contribution in [0.1, 0.15) is 93.4 Å². The molecule has 0 aromatic carbocycles. The average Bonchev–Trinajstić information content (AvgIpc) is 2.49. The summed E-state index contributed by atoms with van der Waals surface area (Å²) in [6.45, 7) is 17.3. The minimum Gasteiger partial charge on any atom is -0.0657 e. The Labute approximate surface area is 151 Å². The molecular formula is C21H48Si2. The van der Waals surface area contributed by atoms with E-state index in [1.165, 1.54) is 50.1 Å². The third-order valence-corrected chi connectivity index (χ3v) is 22.8. The lowest BCUT2D eigenvalue weighted by atomic mass is 10.5. The van der Waals surface area contributed by atoms with Crippen molar-refractivity contribution in [1.29, 1.82) is 0 Å². The molecule has 0 unspecified atom stereocenters. The summed E-state index contributed by atoms with van der Waals surface area (Å²) in [4.78, 5) is 0. The molecule has 0 atom stereocenters. The van der Waals surface area contributed by atoms with E-state index < -0.39 is 16.1 Å². The highest BCUT2D eigenvalue weighted by Crippen LogP contribution is 2.50. The molecule has 0 aromatic heterocycles. The largest absolute Gasteiger partial charge is 0.0657 e. The van der Waals surface area contributed by atoms with Crippen LogP contribution in [0.5, 0.6) is 0 Å². The lowest BCUT2D eigenvalue weighted by Gasteiger charge is -2.50. The van der Waals surface area contributed by atoms with Crippen molar-refractivity contribution in [2.75, 3.05) is 0 Å². The van der Waals surface area contributed by atoms with Gasteiger partial charge in [0.05, 0.1) is 16.1 Å². The van der Waals surface area contributed by atoms with Gasteiger partial charge in [-0.2, -0.15) is 0 Å². The molecule has 0 bridgehead atoms. The summed E-state index contributed by atoms with van der Waals surface area (Å²) in [6.07, 6.45) is 10.2. The highest BCUT2D eigenvalue weighted by molar-refractivity contribution is 6.99. The quantitative estimate of drug-likeness (QED) is 0.257. The van der Waals surface area contributed by atoms with Gasteiger partial charge in [0.15, 0.2) is 0 Å². The summed E-state index contributed by atoms with van der Waals surface area (Å²) in [5.41, 5.74) is 0. The Hall–Kier alpha value is 0.434. The summed E-state index contributed by atoms with van der Waals surface area (Å²) in [7, 11) is -2.22. The molecule has 0 aliphatic rings. The molecule has 0 N–H and O–H groups in total. The van der Waals surface area contributed by atoms with E-state index in [1.807, 2.05) is 0 Å². The van der Waals surface area contributed by atoms with Crippen molar-refractivity contribution in [3.63, 3.8) is 0 Å². The zero-order valence-electron chi connectivity index (χ0n) is 17.8. The molecule has 0 fully saturated rings. The molecule has 0 amide bonds. The van der Waals surface area contributed by atoms with Crippen LogP contribution in [0.15, 0.2) is 0 Å². The second-order valence-corrected chi connectivity index (χ2v) is 18.6. The maximum absolute atomic E-state index is 2.57. The van der Waals surface area contributed by atoms with Gasteiger partial charge in [0.1, 0.15) is 0 Å². The van der Waals surface area contributed by atoms with Crippen LogP contribution >= 0.6 is 0 Å². The van der Waals surface area contributed by atoms with E-state index in [-0.39, 0.29) is 0 Å². The van der Waals surface area contributed by atoms with E-state index in [4.69, 9.17) is 0 Å². The van der Waals surface area contributed by atoms with E-state index >= 15 is 0 Å². The molecule has 0 heterocycles. The summed E-state index contributed by atoms with van der Waals surface area (Å²) in [5, 5.41) is 1.20. The Morgan fingerprint density at radius 3 is 0.783 bits per heavy atom. The molecule has 0 aliphatic carbocycles. The van der Waals surface area contributed by atoms with Crippen molar-refractivity contribution in [3.8, 4) is 0 Å². The van der Waals surface area contributed by atoms with Gasteiger partial charge in [-0.1, -0.05) is 130 Å². The molecule has 0 saturated heterocycles. The first-order chi connectivity index (χ1) is 11.1. The second-order valence-electron chi connectivity index (χ2n) is 8.19. The van der Waals surface area contributed by atoms with Crippen molar-refractivity contribution in [1.82, 2.24) is 0 Å². The first-order valence-corrected chi connectivity index (χ1v) is 16.5. The average molecular weight is 357 g/mol. The fourth-order valence-electron chi connectivity index (χ4n) is 6.30. The minimum atomic E-state index is -1.11. The smallest absolute Gasteiger partial charge is 0.0540 e. The molecule has 0 aromatic rings. The SMILES string of the molecule is CCC[Si](CCC)(CCC)C(CC)[Si](CCC)(CCC)CCC. The van der Waals surface area contributed by atoms with Crippen molar-refractivity contribution in [3.05, 3.63) is 0 Å². The maximum Gasteiger partial charge on any atom is 0.0540 e. The topological polar surface area (TPSA) is 0 Å². The van der Waals surface area contributed by atoms with Gasteiger partial charge < -0.3 is 0 Å². The predicted molar refractivity (Wildman–Crippen MR) is 116 cm³/mol. The molecule has 0 nitrogen and oxygen atoms in total. The molecule has 0 rings (SSSR count). The summed E-state index contributed by atoms with van der Waals surface area (Å²) < 4.78 is 0. The van der Waals surface area contributed by atoms with Crippen molar-refractivity contribution in [2.24, 2.45) is 0 Å². The van der Waals surface area contributed by atoms with Crippen LogP contribution in [0.2, 0.25) is 41.4 Å². The molecule has 140 valence electrons. The van der Waals surface area contributed by atoms with Crippen LogP contribution in [-0.2, 0) is 0 Å². The molecule has 0 spiro atoms. The highest BCUT2D eigenvalue weighted by atomic mass is 28.4. The fraction of sp³-hybridized carbons (Fsp3) is 1.00. The zero-order valence-corrected chi connectivity index (χ0v) is 19.8. The number of rotatable bonds is 15. The summed E-state index contributed by atoms with van der Waals surface area (Å²) in [6, 6.07) is 9.74. The molecule has 0 radical (unpaired) electrons. The van der Waals surface area contributed by atoms with Crippen molar-refractivity contribution in [2.45, 2.75) is 135 Å². The molecule has 0 saturated carbocycles. The summed E-state index contributed by atoms with van der Waals surface area (Å²) >= 11 is 0. The van der Waals surface area contributed by atoms with Crippen LogP contribution in [0.25, 0.3) is 0 Å². The van der Waals surface area contributed by atoms with Crippen LogP contribution in [-0.4, -0.2) is 16.1 Å². The molecule has 23 heavy (non-hydrogen) atoms. The fourth-order valence-corrected chi connectivity index (χ4v) is 25.4. The van der Waals surface area contributed by atoms with Gasteiger partial charge in [-0.15, -0.1) is 0 Å².